The third-order valence-electron chi connectivity index (χ3n) is 6.97. The van der Waals surface area contributed by atoms with E-state index in [0.29, 0.717) is 35.8 Å². The Morgan fingerprint density at radius 2 is 1.21 bits per heavy atom. The fourth-order valence-corrected chi connectivity index (χ4v) is 7.42. The number of carbonyl (C=O) groups is 3. The molecule has 3 rings (SSSR count). The van der Waals surface area contributed by atoms with Crippen molar-refractivity contribution in [3.8, 4) is 0 Å². The van der Waals surface area contributed by atoms with E-state index >= 15 is 0 Å². The standard InChI is InChI=1S/C31H36NO6P/c1-22-20-23(2)30(24(3)27(22)21-32(18-16-28(33)37-4)19-17-29(34)38-5)31(35)39(36,25-12-8-6-9-13-25)26-14-10-7-11-15-26/h6-15,20H,16-19,21H2,1-5H3. The summed E-state index contributed by atoms with van der Waals surface area (Å²) < 4.78 is 24.4. The Morgan fingerprint density at radius 3 is 1.64 bits per heavy atom. The molecular weight excluding hydrogens is 513 g/mol. The molecular formula is C31H36NO6P. The number of hydrogen-bond acceptors (Lipinski definition) is 7. The summed E-state index contributed by atoms with van der Waals surface area (Å²) in [5.74, 6) is -0.698. The first-order valence-corrected chi connectivity index (χ1v) is 14.6. The summed E-state index contributed by atoms with van der Waals surface area (Å²) in [7, 11) is -1.02. The van der Waals surface area contributed by atoms with E-state index in [1.807, 2.05) is 43.9 Å². The number of hydrogen-bond donors (Lipinski definition) is 0. The largest absolute Gasteiger partial charge is 0.469 e. The molecule has 3 aromatic rings. The molecule has 0 spiro atoms. The first kappa shape index (κ1) is 30.0. The molecule has 0 N–H and O–H groups in total. The third-order valence-corrected chi connectivity index (χ3v) is 9.82. The zero-order valence-corrected chi connectivity index (χ0v) is 24.1. The van der Waals surface area contributed by atoms with Gasteiger partial charge in [0.25, 0.3) is 0 Å². The predicted molar refractivity (Wildman–Crippen MR) is 153 cm³/mol. The van der Waals surface area contributed by atoms with Crippen molar-refractivity contribution in [3.63, 3.8) is 0 Å². The van der Waals surface area contributed by atoms with Crippen LogP contribution in [0.1, 0.15) is 45.5 Å². The second kappa shape index (κ2) is 13.5. The van der Waals surface area contributed by atoms with E-state index in [0.717, 1.165) is 22.3 Å². The maximum absolute atomic E-state index is 14.8. The van der Waals surface area contributed by atoms with Crippen molar-refractivity contribution >= 4 is 35.2 Å². The molecule has 8 heteroatoms. The number of rotatable bonds is 12. The van der Waals surface area contributed by atoms with Gasteiger partial charge in [-0.1, -0.05) is 66.7 Å². The van der Waals surface area contributed by atoms with Crippen LogP contribution in [0.4, 0.5) is 0 Å². The van der Waals surface area contributed by atoms with Gasteiger partial charge >= 0.3 is 11.9 Å². The van der Waals surface area contributed by atoms with Crippen LogP contribution in [0.15, 0.2) is 66.7 Å². The summed E-state index contributed by atoms with van der Waals surface area (Å²) in [4.78, 5) is 40.0. The molecule has 0 unspecified atom stereocenters. The maximum atomic E-state index is 14.8. The van der Waals surface area contributed by atoms with Gasteiger partial charge in [-0.15, -0.1) is 0 Å². The van der Waals surface area contributed by atoms with Crippen LogP contribution in [-0.2, 0) is 30.2 Å². The minimum absolute atomic E-state index is 0.157. The zero-order chi connectivity index (χ0) is 28.6. The van der Waals surface area contributed by atoms with Gasteiger partial charge < -0.3 is 14.0 Å². The third kappa shape index (κ3) is 6.92. The van der Waals surface area contributed by atoms with Crippen molar-refractivity contribution in [2.24, 2.45) is 0 Å². The van der Waals surface area contributed by atoms with Gasteiger partial charge in [0.2, 0.25) is 12.7 Å². The second-order valence-corrected chi connectivity index (χ2v) is 12.2. The Kier molecular flexibility index (Phi) is 10.4. The van der Waals surface area contributed by atoms with Crippen LogP contribution in [0, 0.1) is 20.8 Å². The van der Waals surface area contributed by atoms with Crippen molar-refractivity contribution in [1.29, 1.82) is 0 Å². The van der Waals surface area contributed by atoms with Crippen LogP contribution < -0.4 is 10.6 Å². The van der Waals surface area contributed by atoms with E-state index in [1.54, 1.807) is 48.5 Å². The Labute approximate surface area is 230 Å². The van der Waals surface area contributed by atoms with Crippen LogP contribution in [-0.4, -0.2) is 49.7 Å². The molecule has 3 aromatic carbocycles. The molecule has 0 aromatic heterocycles. The van der Waals surface area contributed by atoms with Crippen molar-refractivity contribution in [3.05, 3.63) is 94.5 Å². The molecule has 0 heterocycles. The lowest BCUT2D eigenvalue weighted by Crippen LogP contribution is -2.30. The van der Waals surface area contributed by atoms with E-state index < -0.39 is 12.7 Å². The number of nitrogens with zero attached hydrogens (tertiary/aromatic N) is 1. The van der Waals surface area contributed by atoms with Gasteiger partial charge in [-0.2, -0.15) is 0 Å². The molecule has 39 heavy (non-hydrogen) atoms. The second-order valence-electron chi connectivity index (χ2n) is 9.50. The lowest BCUT2D eigenvalue weighted by molar-refractivity contribution is -0.141. The van der Waals surface area contributed by atoms with Crippen LogP contribution >= 0.6 is 7.14 Å². The smallest absolute Gasteiger partial charge is 0.306 e. The highest BCUT2D eigenvalue weighted by Crippen LogP contribution is 2.48. The lowest BCUT2D eigenvalue weighted by atomic mass is 9.93. The quantitative estimate of drug-likeness (QED) is 0.239. The number of benzene rings is 3. The molecule has 0 fully saturated rings. The molecule has 0 amide bonds. The summed E-state index contributed by atoms with van der Waals surface area (Å²) in [5, 5.41) is 0.972. The summed E-state index contributed by atoms with van der Waals surface area (Å²) in [6, 6.07) is 19.7. The number of ether oxygens (including phenoxy) is 2. The highest BCUT2D eigenvalue weighted by atomic mass is 31.2. The molecule has 0 aliphatic heterocycles. The SMILES string of the molecule is COC(=O)CCN(CCC(=O)OC)Cc1c(C)cc(C)c(C(=O)P(=O)(c2ccccc2)c2ccccc2)c1C. The topological polar surface area (TPSA) is 90.0 Å². The molecule has 7 nitrogen and oxygen atoms in total. The lowest BCUT2D eigenvalue weighted by Gasteiger charge is -2.26. The minimum atomic E-state index is -3.69. The van der Waals surface area contributed by atoms with Crippen molar-refractivity contribution in [2.75, 3.05) is 27.3 Å². The number of esters is 2. The van der Waals surface area contributed by atoms with E-state index in [9.17, 15) is 18.9 Å². The number of aryl methyl sites for hydroxylation is 2. The Balaban J connectivity index is 2.08. The van der Waals surface area contributed by atoms with Crippen LogP contribution in [0.5, 0.6) is 0 Å². The minimum Gasteiger partial charge on any atom is -0.469 e. The average Bonchev–Trinajstić information content (AvgIpc) is 2.95. The Morgan fingerprint density at radius 1 is 0.744 bits per heavy atom. The van der Waals surface area contributed by atoms with Crippen molar-refractivity contribution < 1.29 is 28.4 Å². The first-order chi connectivity index (χ1) is 18.6. The molecule has 0 radical (unpaired) electrons. The molecule has 0 aliphatic rings. The van der Waals surface area contributed by atoms with Gasteiger partial charge in [-0.25, -0.2) is 0 Å². The highest BCUT2D eigenvalue weighted by molar-refractivity contribution is 7.93. The molecule has 0 bridgehead atoms. The van der Waals surface area contributed by atoms with Gasteiger partial charge in [0.05, 0.1) is 27.1 Å². The van der Waals surface area contributed by atoms with Gasteiger partial charge in [0, 0.05) is 35.8 Å². The monoisotopic (exact) mass is 549 g/mol. The van der Waals surface area contributed by atoms with Crippen molar-refractivity contribution in [1.82, 2.24) is 4.90 Å². The molecule has 0 atom stereocenters. The summed E-state index contributed by atoms with van der Waals surface area (Å²) >= 11 is 0. The molecule has 0 saturated heterocycles. The Bertz CT molecular complexity index is 1310. The van der Waals surface area contributed by atoms with E-state index in [1.165, 1.54) is 14.2 Å². The average molecular weight is 550 g/mol. The van der Waals surface area contributed by atoms with E-state index in [4.69, 9.17) is 9.47 Å². The van der Waals surface area contributed by atoms with Crippen molar-refractivity contribution in [2.45, 2.75) is 40.2 Å². The van der Waals surface area contributed by atoms with Gasteiger partial charge in [-0.05, 0) is 43.0 Å². The summed E-state index contributed by atoms with van der Waals surface area (Å²) in [5.41, 5.74) is 3.38. The summed E-state index contributed by atoms with van der Waals surface area (Å²) in [6.45, 7) is 6.84. The van der Waals surface area contributed by atoms with Crippen LogP contribution in [0.2, 0.25) is 0 Å². The highest BCUT2D eigenvalue weighted by Gasteiger charge is 2.38. The van der Waals surface area contributed by atoms with Gasteiger partial charge in [0.15, 0.2) is 0 Å². The predicted octanol–water partition coefficient (Wildman–Crippen LogP) is 4.69. The first-order valence-electron chi connectivity index (χ1n) is 12.8. The number of methoxy groups -OCH3 is 2. The fourth-order valence-electron chi connectivity index (χ4n) is 4.81. The van der Waals surface area contributed by atoms with E-state index in [2.05, 4.69) is 0 Å². The molecule has 206 valence electrons. The summed E-state index contributed by atoms with van der Waals surface area (Å²) in [6.07, 6.45) is 0.315. The zero-order valence-electron chi connectivity index (χ0n) is 23.2. The molecule has 0 saturated carbocycles. The maximum Gasteiger partial charge on any atom is 0.306 e. The van der Waals surface area contributed by atoms with Gasteiger partial charge in [-0.3, -0.25) is 19.3 Å². The fraction of sp³-hybridized carbons (Fsp3) is 0.323. The van der Waals surface area contributed by atoms with Crippen LogP contribution in [0.25, 0.3) is 0 Å². The Hall–Kier alpha value is -3.54. The van der Waals surface area contributed by atoms with E-state index in [-0.39, 0.29) is 24.8 Å². The normalized spacial score (nSPS) is 11.3. The van der Waals surface area contributed by atoms with Crippen LogP contribution in [0.3, 0.4) is 0 Å². The van der Waals surface area contributed by atoms with Gasteiger partial charge in [0.1, 0.15) is 0 Å². The molecule has 0 aliphatic carbocycles. The number of carbonyl (C=O) groups excluding carboxylic acids is 3.